The van der Waals surface area contributed by atoms with Crippen molar-refractivity contribution < 1.29 is 0 Å². The maximum Gasteiger partial charge on any atom is 0.134 e. The Morgan fingerprint density at radius 1 is 1.21 bits per heavy atom. The Morgan fingerprint density at radius 2 is 1.96 bits per heavy atom. The molecule has 0 amide bonds. The van der Waals surface area contributed by atoms with E-state index in [2.05, 4.69) is 36.6 Å². The fourth-order valence-electron chi connectivity index (χ4n) is 3.48. The molecule has 0 saturated carbocycles. The molecule has 5 heteroatoms. The Balaban J connectivity index is 1.80. The number of halogens is 1. The van der Waals surface area contributed by atoms with Gasteiger partial charge in [0.15, 0.2) is 0 Å². The zero-order valence-corrected chi connectivity index (χ0v) is 17.2. The lowest BCUT2D eigenvalue weighted by atomic mass is 10.1. The van der Waals surface area contributed by atoms with Crippen LogP contribution < -0.4 is 0 Å². The van der Waals surface area contributed by atoms with Crippen molar-refractivity contribution in [1.82, 2.24) is 9.55 Å². The summed E-state index contributed by atoms with van der Waals surface area (Å²) in [5.74, 6) is 0. The lowest BCUT2D eigenvalue weighted by molar-refractivity contribution is 0.769. The van der Waals surface area contributed by atoms with E-state index < -0.39 is 0 Å². The van der Waals surface area contributed by atoms with Crippen LogP contribution in [0.4, 0.5) is 0 Å². The molecule has 0 bridgehead atoms. The number of aromatic nitrogens is 2. The van der Waals surface area contributed by atoms with E-state index >= 15 is 0 Å². The van der Waals surface area contributed by atoms with Crippen LogP contribution in [-0.2, 0) is 6.54 Å². The van der Waals surface area contributed by atoms with Crippen LogP contribution in [0.1, 0.15) is 23.2 Å². The van der Waals surface area contributed by atoms with Gasteiger partial charge in [-0.25, -0.2) is 4.98 Å². The Bertz CT molecular complexity index is 1220. The summed E-state index contributed by atoms with van der Waals surface area (Å²) in [5, 5.41) is 14.4. The molecule has 2 aromatic heterocycles. The molecule has 138 valence electrons. The van der Waals surface area contributed by atoms with Crippen molar-refractivity contribution in [1.29, 1.82) is 5.26 Å². The number of benzene rings is 2. The van der Waals surface area contributed by atoms with Gasteiger partial charge in [0, 0.05) is 44.7 Å². The van der Waals surface area contributed by atoms with Gasteiger partial charge in [0.05, 0.1) is 11.3 Å². The lowest BCUT2D eigenvalue weighted by Gasteiger charge is -2.03. The van der Waals surface area contributed by atoms with Crippen LogP contribution in [0.5, 0.6) is 0 Å². The SMILES string of the molecule is CCn1c(C)c(/C=C(/C#N)c2nc(-c3ccc(Cl)cc3)cs2)c2ccccc21. The summed E-state index contributed by atoms with van der Waals surface area (Å²) < 4.78 is 2.27. The van der Waals surface area contributed by atoms with Crippen molar-refractivity contribution in [2.24, 2.45) is 0 Å². The third kappa shape index (κ3) is 3.24. The largest absolute Gasteiger partial charge is 0.345 e. The molecule has 0 aliphatic heterocycles. The van der Waals surface area contributed by atoms with Crippen LogP contribution in [0.2, 0.25) is 5.02 Å². The molecule has 0 atom stereocenters. The molecular formula is C23H18ClN3S. The maximum atomic E-state index is 9.81. The van der Waals surface area contributed by atoms with Crippen LogP contribution in [0.15, 0.2) is 53.9 Å². The molecule has 3 nitrogen and oxygen atoms in total. The maximum absolute atomic E-state index is 9.81. The van der Waals surface area contributed by atoms with Crippen molar-refractivity contribution in [2.75, 3.05) is 0 Å². The Morgan fingerprint density at radius 3 is 2.68 bits per heavy atom. The van der Waals surface area contributed by atoms with Gasteiger partial charge in [-0.05, 0) is 38.1 Å². The normalized spacial score (nSPS) is 11.7. The summed E-state index contributed by atoms with van der Waals surface area (Å²) in [4.78, 5) is 4.69. The van der Waals surface area contributed by atoms with E-state index in [9.17, 15) is 5.26 Å². The second kappa shape index (κ2) is 7.63. The molecule has 4 aromatic rings. The average Bonchev–Trinajstić information content (AvgIpc) is 3.30. The molecule has 0 radical (unpaired) electrons. The first-order chi connectivity index (χ1) is 13.6. The molecule has 28 heavy (non-hydrogen) atoms. The smallest absolute Gasteiger partial charge is 0.134 e. The van der Waals surface area contributed by atoms with E-state index in [0.29, 0.717) is 10.6 Å². The highest BCUT2D eigenvalue weighted by Crippen LogP contribution is 2.32. The monoisotopic (exact) mass is 403 g/mol. The molecule has 2 heterocycles. The van der Waals surface area contributed by atoms with Crippen LogP contribution in [-0.4, -0.2) is 9.55 Å². The number of hydrogen-bond donors (Lipinski definition) is 0. The summed E-state index contributed by atoms with van der Waals surface area (Å²) in [6.45, 7) is 5.13. The molecule has 4 rings (SSSR count). The van der Waals surface area contributed by atoms with Crippen molar-refractivity contribution in [2.45, 2.75) is 20.4 Å². The second-order valence-corrected chi connectivity index (χ2v) is 7.77. The average molecular weight is 404 g/mol. The number of para-hydroxylation sites is 1. The summed E-state index contributed by atoms with van der Waals surface area (Å²) in [7, 11) is 0. The molecule has 2 aromatic carbocycles. The molecular weight excluding hydrogens is 386 g/mol. The van der Waals surface area contributed by atoms with E-state index in [4.69, 9.17) is 16.6 Å². The second-order valence-electron chi connectivity index (χ2n) is 6.48. The topological polar surface area (TPSA) is 41.6 Å². The zero-order chi connectivity index (χ0) is 19.7. The number of fused-ring (bicyclic) bond motifs is 1. The molecule has 0 spiro atoms. The molecule has 0 aliphatic rings. The standard InChI is InChI=1S/C23H18ClN3S/c1-3-27-15(2)20(19-6-4-5-7-22(19)27)12-17(13-25)23-26-21(14-28-23)16-8-10-18(24)11-9-16/h4-12,14H,3H2,1-2H3/b17-12-. The van der Waals surface area contributed by atoms with Gasteiger partial charge < -0.3 is 4.57 Å². The number of hydrogen-bond acceptors (Lipinski definition) is 3. The number of rotatable bonds is 4. The Hall–Kier alpha value is -2.87. The highest BCUT2D eigenvalue weighted by Gasteiger charge is 2.14. The van der Waals surface area contributed by atoms with Gasteiger partial charge in [-0.2, -0.15) is 5.26 Å². The fourth-order valence-corrected chi connectivity index (χ4v) is 4.40. The first-order valence-corrected chi connectivity index (χ1v) is 10.3. The summed E-state index contributed by atoms with van der Waals surface area (Å²) in [6, 6.07) is 18.2. The first-order valence-electron chi connectivity index (χ1n) is 9.03. The van der Waals surface area contributed by atoms with Gasteiger partial charge in [-0.3, -0.25) is 0 Å². The van der Waals surface area contributed by atoms with Crippen molar-refractivity contribution in [3.63, 3.8) is 0 Å². The van der Waals surface area contributed by atoms with Crippen LogP contribution >= 0.6 is 22.9 Å². The highest BCUT2D eigenvalue weighted by atomic mass is 35.5. The highest BCUT2D eigenvalue weighted by molar-refractivity contribution is 7.11. The van der Waals surface area contributed by atoms with Crippen LogP contribution in [0, 0.1) is 18.3 Å². The van der Waals surface area contributed by atoms with Crippen molar-refractivity contribution in [3.05, 3.63) is 75.2 Å². The minimum Gasteiger partial charge on any atom is -0.345 e. The first kappa shape index (κ1) is 18.5. The quantitative estimate of drug-likeness (QED) is 0.351. The van der Waals surface area contributed by atoms with Crippen LogP contribution in [0.25, 0.3) is 33.8 Å². The van der Waals surface area contributed by atoms with E-state index in [1.54, 1.807) is 0 Å². The summed E-state index contributed by atoms with van der Waals surface area (Å²) in [6.07, 6.45) is 1.97. The predicted octanol–water partition coefficient (Wildman–Crippen LogP) is 6.81. The van der Waals surface area contributed by atoms with Crippen molar-refractivity contribution in [3.8, 4) is 17.3 Å². The Labute approximate surface area is 173 Å². The third-order valence-electron chi connectivity index (χ3n) is 4.88. The zero-order valence-electron chi connectivity index (χ0n) is 15.6. The third-order valence-corrected chi connectivity index (χ3v) is 6.01. The number of aryl methyl sites for hydroxylation is 1. The van der Waals surface area contributed by atoms with Gasteiger partial charge in [-0.1, -0.05) is 41.9 Å². The molecule has 0 unspecified atom stereocenters. The van der Waals surface area contributed by atoms with E-state index in [-0.39, 0.29) is 0 Å². The molecule has 0 saturated heterocycles. The van der Waals surface area contributed by atoms with E-state index in [1.165, 1.54) is 16.9 Å². The van der Waals surface area contributed by atoms with Gasteiger partial charge in [-0.15, -0.1) is 11.3 Å². The molecule has 0 aliphatic carbocycles. The number of nitriles is 1. The van der Waals surface area contributed by atoms with Crippen molar-refractivity contribution >= 4 is 45.5 Å². The number of thiazole rings is 1. The van der Waals surface area contributed by atoms with Gasteiger partial charge in [0.2, 0.25) is 0 Å². The minimum absolute atomic E-state index is 0.576. The minimum atomic E-state index is 0.576. The van der Waals surface area contributed by atoms with E-state index in [1.807, 2.05) is 47.9 Å². The summed E-state index contributed by atoms with van der Waals surface area (Å²) in [5.41, 5.74) is 5.84. The predicted molar refractivity (Wildman–Crippen MR) is 118 cm³/mol. The fraction of sp³-hybridized carbons (Fsp3) is 0.130. The van der Waals surface area contributed by atoms with Gasteiger partial charge >= 0.3 is 0 Å². The van der Waals surface area contributed by atoms with Crippen LogP contribution in [0.3, 0.4) is 0 Å². The lowest BCUT2D eigenvalue weighted by Crippen LogP contribution is -1.96. The van der Waals surface area contributed by atoms with Gasteiger partial charge in [0.1, 0.15) is 11.1 Å². The molecule has 0 fully saturated rings. The number of allylic oxidation sites excluding steroid dienone is 1. The Kier molecular flexibility index (Phi) is 5.04. The van der Waals surface area contributed by atoms with Gasteiger partial charge in [0.25, 0.3) is 0 Å². The summed E-state index contributed by atoms with van der Waals surface area (Å²) >= 11 is 7.45. The molecule has 0 N–H and O–H groups in total. The van der Waals surface area contributed by atoms with E-state index in [0.717, 1.165) is 39.5 Å². The number of nitrogens with zero attached hydrogens (tertiary/aromatic N) is 3.